The van der Waals surface area contributed by atoms with Gasteiger partial charge in [0.1, 0.15) is 5.82 Å². The van der Waals surface area contributed by atoms with Crippen molar-refractivity contribution in [2.45, 2.75) is 45.2 Å². The Kier molecular flexibility index (Phi) is 5.37. The third-order valence-corrected chi connectivity index (χ3v) is 4.93. The van der Waals surface area contributed by atoms with Gasteiger partial charge in [-0.05, 0) is 25.7 Å². The minimum Gasteiger partial charge on any atom is -0.469 e. The molecule has 24 heavy (non-hydrogen) atoms. The summed E-state index contributed by atoms with van der Waals surface area (Å²) < 4.78 is 7.11. The molecule has 0 radical (unpaired) electrons. The van der Waals surface area contributed by atoms with Crippen LogP contribution in [0, 0.1) is 5.92 Å². The van der Waals surface area contributed by atoms with Crippen LogP contribution in [0.1, 0.15) is 37.2 Å². The molecule has 7 nitrogen and oxygen atoms in total. The number of aromatic nitrogens is 2. The normalized spacial score (nSPS) is 19.1. The molecule has 0 unspecified atom stereocenters. The van der Waals surface area contributed by atoms with Gasteiger partial charge in [0.2, 0.25) is 0 Å². The van der Waals surface area contributed by atoms with Crippen LogP contribution < -0.4 is 5.32 Å². The number of aliphatic imine (C=N–C) groups is 1. The van der Waals surface area contributed by atoms with E-state index in [4.69, 9.17) is 9.72 Å². The molecule has 3 rings (SSSR count). The Morgan fingerprint density at radius 2 is 2.17 bits per heavy atom. The lowest BCUT2D eigenvalue weighted by molar-refractivity contribution is -0.146. The van der Waals surface area contributed by atoms with Gasteiger partial charge in [-0.3, -0.25) is 9.79 Å². The van der Waals surface area contributed by atoms with Crippen molar-refractivity contribution in [2.75, 3.05) is 27.2 Å². The van der Waals surface area contributed by atoms with Crippen LogP contribution in [0.3, 0.4) is 0 Å². The average Bonchev–Trinajstić information content (AvgIpc) is 3.05. The lowest BCUT2D eigenvalue weighted by Gasteiger charge is -2.33. The number of likely N-dealkylation sites (tertiary alicyclic amines) is 1. The predicted octanol–water partition coefficient (Wildman–Crippen LogP) is 1.18. The number of methoxy groups -OCH3 is 1. The number of carbonyl (C=O) groups excluding carboxylic acids is 1. The van der Waals surface area contributed by atoms with Crippen molar-refractivity contribution in [3.8, 4) is 0 Å². The molecular weight excluding hydrogens is 306 g/mol. The zero-order chi connectivity index (χ0) is 16.9. The zero-order valence-corrected chi connectivity index (χ0v) is 14.6. The van der Waals surface area contributed by atoms with E-state index in [0.717, 1.165) is 50.6 Å². The Bertz CT molecular complexity index is 579. The van der Waals surface area contributed by atoms with Crippen molar-refractivity contribution >= 4 is 11.9 Å². The summed E-state index contributed by atoms with van der Waals surface area (Å²) in [7, 11) is 3.26. The first-order valence-corrected chi connectivity index (χ1v) is 8.79. The zero-order valence-electron chi connectivity index (χ0n) is 14.6. The van der Waals surface area contributed by atoms with Crippen LogP contribution in [0.4, 0.5) is 0 Å². The fraction of sp³-hybridized carbons (Fsp3) is 0.706. The number of aryl methyl sites for hydroxylation is 2. The van der Waals surface area contributed by atoms with Crippen LogP contribution in [-0.2, 0) is 29.0 Å². The summed E-state index contributed by atoms with van der Waals surface area (Å²) in [5.41, 5.74) is 1.07. The number of imidazole rings is 1. The standard InChI is InChI=1S/C17H27N5O2/c1-18-17(21-9-6-13(7-10-21)16(23)24-2)19-11-14-12-22-8-4-3-5-15(22)20-14/h12-13H,3-11H2,1-2H3,(H,18,19). The minimum absolute atomic E-state index is 0.0178. The highest BCUT2D eigenvalue weighted by molar-refractivity contribution is 5.80. The highest BCUT2D eigenvalue weighted by Gasteiger charge is 2.27. The summed E-state index contributed by atoms with van der Waals surface area (Å²) in [6.45, 7) is 3.40. The molecular formula is C17H27N5O2. The van der Waals surface area contributed by atoms with E-state index in [9.17, 15) is 4.79 Å². The van der Waals surface area contributed by atoms with Crippen LogP contribution in [0.5, 0.6) is 0 Å². The fourth-order valence-corrected chi connectivity index (χ4v) is 3.55. The molecule has 0 spiro atoms. The number of ether oxygens (including phenoxy) is 1. The molecule has 1 aromatic rings. The second-order valence-electron chi connectivity index (χ2n) is 6.48. The number of carbonyl (C=O) groups is 1. The number of hydrogen-bond acceptors (Lipinski definition) is 4. The summed E-state index contributed by atoms with van der Waals surface area (Å²) in [6.07, 6.45) is 7.33. The van der Waals surface area contributed by atoms with Crippen LogP contribution in [0.15, 0.2) is 11.2 Å². The summed E-state index contributed by atoms with van der Waals surface area (Å²) in [5.74, 6) is 2.00. The maximum atomic E-state index is 11.6. The van der Waals surface area contributed by atoms with Crippen molar-refractivity contribution in [1.29, 1.82) is 0 Å². The van der Waals surface area contributed by atoms with E-state index in [0.29, 0.717) is 6.54 Å². The minimum atomic E-state index is -0.0961. The van der Waals surface area contributed by atoms with Gasteiger partial charge in [0.25, 0.3) is 0 Å². The molecule has 7 heteroatoms. The van der Waals surface area contributed by atoms with E-state index in [-0.39, 0.29) is 11.9 Å². The predicted molar refractivity (Wildman–Crippen MR) is 91.7 cm³/mol. The Morgan fingerprint density at radius 1 is 1.38 bits per heavy atom. The summed E-state index contributed by atoms with van der Waals surface area (Å²) in [5, 5.41) is 3.41. The number of rotatable bonds is 3. The molecule has 1 fully saturated rings. The maximum Gasteiger partial charge on any atom is 0.308 e. The SMILES string of the molecule is CN=C(NCc1cn2c(n1)CCCC2)N1CCC(C(=O)OC)CC1. The number of nitrogens with one attached hydrogen (secondary N) is 1. The van der Waals surface area contributed by atoms with Gasteiger partial charge in [-0.2, -0.15) is 0 Å². The van der Waals surface area contributed by atoms with Gasteiger partial charge in [0.05, 0.1) is 25.3 Å². The molecule has 0 saturated carbocycles. The molecule has 0 aliphatic carbocycles. The van der Waals surface area contributed by atoms with Crippen molar-refractivity contribution in [3.63, 3.8) is 0 Å². The van der Waals surface area contributed by atoms with Gasteiger partial charge in [-0.15, -0.1) is 0 Å². The number of fused-ring (bicyclic) bond motifs is 1. The van der Waals surface area contributed by atoms with E-state index < -0.39 is 0 Å². The largest absolute Gasteiger partial charge is 0.469 e. The first-order chi connectivity index (χ1) is 11.7. The summed E-state index contributed by atoms with van der Waals surface area (Å²) in [4.78, 5) is 22.9. The molecule has 0 aromatic carbocycles. The van der Waals surface area contributed by atoms with Gasteiger partial charge in [-0.1, -0.05) is 0 Å². The Morgan fingerprint density at radius 3 is 2.83 bits per heavy atom. The first kappa shape index (κ1) is 16.8. The van der Waals surface area contributed by atoms with E-state index in [1.54, 1.807) is 7.05 Å². The van der Waals surface area contributed by atoms with Gasteiger partial charge < -0.3 is 19.5 Å². The third kappa shape index (κ3) is 3.71. The van der Waals surface area contributed by atoms with Crippen LogP contribution in [0.25, 0.3) is 0 Å². The number of nitrogens with zero attached hydrogens (tertiary/aromatic N) is 4. The van der Waals surface area contributed by atoms with Gasteiger partial charge in [0.15, 0.2) is 5.96 Å². The van der Waals surface area contributed by atoms with E-state index in [1.165, 1.54) is 25.8 Å². The summed E-state index contributed by atoms with van der Waals surface area (Å²) in [6, 6.07) is 0. The van der Waals surface area contributed by atoms with Crippen LogP contribution in [-0.4, -0.2) is 53.6 Å². The second-order valence-corrected chi connectivity index (χ2v) is 6.48. The summed E-state index contributed by atoms with van der Waals surface area (Å²) >= 11 is 0. The lowest BCUT2D eigenvalue weighted by Crippen LogP contribution is -2.46. The molecule has 2 aliphatic heterocycles. The topological polar surface area (TPSA) is 71.8 Å². The molecule has 1 aromatic heterocycles. The molecule has 2 aliphatic rings. The molecule has 0 atom stereocenters. The van der Waals surface area contributed by atoms with Gasteiger partial charge in [0, 0.05) is 39.3 Å². The monoisotopic (exact) mass is 333 g/mol. The van der Waals surface area contributed by atoms with Gasteiger partial charge in [-0.25, -0.2) is 4.98 Å². The molecule has 1 N–H and O–H groups in total. The Hall–Kier alpha value is -2.05. The van der Waals surface area contributed by atoms with Crippen LogP contribution >= 0.6 is 0 Å². The van der Waals surface area contributed by atoms with Crippen molar-refractivity contribution < 1.29 is 9.53 Å². The molecule has 0 amide bonds. The van der Waals surface area contributed by atoms with Gasteiger partial charge >= 0.3 is 5.97 Å². The van der Waals surface area contributed by atoms with Crippen molar-refractivity contribution in [1.82, 2.24) is 19.8 Å². The smallest absolute Gasteiger partial charge is 0.308 e. The highest BCUT2D eigenvalue weighted by atomic mass is 16.5. The fourth-order valence-electron chi connectivity index (χ4n) is 3.55. The van der Waals surface area contributed by atoms with E-state index in [1.807, 2.05) is 0 Å². The molecule has 0 bridgehead atoms. The average molecular weight is 333 g/mol. The quantitative estimate of drug-likeness (QED) is 0.511. The van der Waals surface area contributed by atoms with E-state index in [2.05, 4.69) is 26.0 Å². The third-order valence-electron chi connectivity index (χ3n) is 4.93. The first-order valence-electron chi connectivity index (χ1n) is 8.79. The number of hydrogen-bond donors (Lipinski definition) is 1. The number of esters is 1. The molecule has 1 saturated heterocycles. The van der Waals surface area contributed by atoms with Crippen molar-refractivity contribution in [2.24, 2.45) is 10.9 Å². The molecule has 3 heterocycles. The highest BCUT2D eigenvalue weighted by Crippen LogP contribution is 2.19. The van der Waals surface area contributed by atoms with Crippen molar-refractivity contribution in [3.05, 3.63) is 17.7 Å². The number of piperidine rings is 1. The second kappa shape index (κ2) is 7.68. The Labute approximate surface area is 143 Å². The Balaban J connectivity index is 1.52. The molecule has 132 valence electrons. The maximum absolute atomic E-state index is 11.6. The van der Waals surface area contributed by atoms with Crippen LogP contribution in [0.2, 0.25) is 0 Å². The lowest BCUT2D eigenvalue weighted by atomic mass is 9.97. The van der Waals surface area contributed by atoms with E-state index >= 15 is 0 Å². The number of guanidine groups is 1.